The van der Waals surface area contributed by atoms with Crippen LogP contribution in [0, 0.1) is 6.92 Å². The van der Waals surface area contributed by atoms with Gasteiger partial charge in [-0.25, -0.2) is 9.78 Å². The third-order valence-corrected chi connectivity index (χ3v) is 5.13. The highest BCUT2D eigenvalue weighted by molar-refractivity contribution is 7.13. The molecule has 2 aromatic carbocycles. The number of aromatic nitrogens is 1. The van der Waals surface area contributed by atoms with Crippen molar-refractivity contribution >= 4 is 17.3 Å². The fraction of sp³-hybridized carbons (Fsp3) is 0.273. The van der Waals surface area contributed by atoms with E-state index in [2.05, 4.69) is 56.9 Å². The molecule has 1 heterocycles. The number of thiazole rings is 1. The van der Waals surface area contributed by atoms with Crippen molar-refractivity contribution in [3.8, 4) is 10.6 Å². The Balaban J connectivity index is 1.62. The van der Waals surface area contributed by atoms with Crippen LogP contribution < -0.4 is 0 Å². The normalized spacial score (nSPS) is 11.4. The average Bonchev–Trinajstić information content (AvgIpc) is 3.08. The number of benzene rings is 2. The number of nitrogens with zero attached hydrogens (tertiary/aromatic N) is 1. The third kappa shape index (κ3) is 4.38. The molecule has 3 nitrogen and oxygen atoms in total. The Morgan fingerprint density at radius 3 is 2.31 bits per heavy atom. The van der Waals surface area contributed by atoms with Crippen molar-refractivity contribution in [1.82, 2.24) is 4.98 Å². The molecular weight excluding hydrogens is 342 g/mol. The summed E-state index contributed by atoms with van der Waals surface area (Å²) in [5, 5.41) is 2.87. The average molecular weight is 365 g/mol. The molecule has 26 heavy (non-hydrogen) atoms. The van der Waals surface area contributed by atoms with Crippen LogP contribution in [-0.4, -0.2) is 11.0 Å². The number of carbonyl (C=O) groups is 1. The summed E-state index contributed by atoms with van der Waals surface area (Å²) in [5.41, 5.74) is 4.89. The second-order valence-corrected chi connectivity index (χ2v) is 8.27. The van der Waals surface area contributed by atoms with Gasteiger partial charge in [0.05, 0.1) is 11.3 Å². The Hall–Kier alpha value is -2.46. The summed E-state index contributed by atoms with van der Waals surface area (Å²) in [4.78, 5) is 16.8. The zero-order valence-electron chi connectivity index (χ0n) is 15.6. The summed E-state index contributed by atoms with van der Waals surface area (Å²) in [6.45, 7) is 8.68. The Morgan fingerprint density at radius 1 is 1.04 bits per heavy atom. The van der Waals surface area contributed by atoms with Crippen molar-refractivity contribution in [2.45, 2.75) is 39.7 Å². The number of hydrogen-bond donors (Lipinski definition) is 0. The lowest BCUT2D eigenvalue weighted by atomic mass is 9.87. The molecule has 134 valence electrons. The van der Waals surface area contributed by atoms with Gasteiger partial charge in [-0.2, -0.15) is 0 Å². The lowest BCUT2D eigenvalue weighted by Crippen LogP contribution is -2.12. The van der Waals surface area contributed by atoms with Gasteiger partial charge in [-0.3, -0.25) is 0 Å². The van der Waals surface area contributed by atoms with E-state index >= 15 is 0 Å². The highest BCUT2D eigenvalue weighted by atomic mass is 32.1. The van der Waals surface area contributed by atoms with Gasteiger partial charge in [-0.05, 0) is 30.0 Å². The third-order valence-electron chi connectivity index (χ3n) is 4.19. The van der Waals surface area contributed by atoms with Crippen molar-refractivity contribution in [3.63, 3.8) is 0 Å². The minimum absolute atomic E-state index is 0.0649. The highest BCUT2D eigenvalue weighted by Gasteiger charge is 2.15. The molecule has 0 spiro atoms. The molecule has 3 aromatic rings. The number of aryl methyl sites for hydroxylation is 1. The van der Waals surface area contributed by atoms with Crippen LogP contribution in [0.5, 0.6) is 0 Å². The smallest absolute Gasteiger partial charge is 0.338 e. The van der Waals surface area contributed by atoms with E-state index in [1.807, 2.05) is 29.6 Å². The second kappa shape index (κ2) is 7.42. The molecule has 0 saturated carbocycles. The van der Waals surface area contributed by atoms with Crippen LogP contribution in [-0.2, 0) is 16.8 Å². The monoisotopic (exact) mass is 365 g/mol. The maximum Gasteiger partial charge on any atom is 0.338 e. The number of carbonyl (C=O) groups excluding carboxylic acids is 1. The summed E-state index contributed by atoms with van der Waals surface area (Å²) >= 11 is 1.56. The molecule has 0 unspecified atom stereocenters. The van der Waals surface area contributed by atoms with Gasteiger partial charge < -0.3 is 4.74 Å². The van der Waals surface area contributed by atoms with E-state index in [0.717, 1.165) is 16.3 Å². The van der Waals surface area contributed by atoms with Gasteiger partial charge in [0.25, 0.3) is 0 Å². The summed E-state index contributed by atoms with van der Waals surface area (Å²) in [6, 6.07) is 15.9. The van der Waals surface area contributed by atoms with Crippen LogP contribution in [0.1, 0.15) is 48.0 Å². The molecule has 0 aliphatic heterocycles. The number of hydrogen-bond acceptors (Lipinski definition) is 4. The lowest BCUT2D eigenvalue weighted by molar-refractivity contribution is 0.0468. The zero-order valence-corrected chi connectivity index (χ0v) is 16.4. The van der Waals surface area contributed by atoms with Crippen LogP contribution in [0.15, 0.2) is 53.9 Å². The van der Waals surface area contributed by atoms with Crippen molar-refractivity contribution in [2.24, 2.45) is 0 Å². The van der Waals surface area contributed by atoms with Crippen LogP contribution in [0.3, 0.4) is 0 Å². The molecule has 0 N–H and O–H groups in total. The molecule has 0 saturated heterocycles. The van der Waals surface area contributed by atoms with Crippen molar-refractivity contribution in [3.05, 3.63) is 76.3 Å². The summed E-state index contributed by atoms with van der Waals surface area (Å²) in [6.07, 6.45) is 0. The Labute approximate surface area is 158 Å². The fourth-order valence-corrected chi connectivity index (χ4v) is 3.34. The van der Waals surface area contributed by atoms with Crippen molar-refractivity contribution in [2.75, 3.05) is 0 Å². The highest BCUT2D eigenvalue weighted by Crippen LogP contribution is 2.25. The molecule has 1 aromatic heterocycles. The van der Waals surface area contributed by atoms with Crippen LogP contribution in [0.25, 0.3) is 10.6 Å². The van der Waals surface area contributed by atoms with E-state index in [4.69, 9.17) is 4.74 Å². The van der Waals surface area contributed by atoms with Gasteiger partial charge in [0.15, 0.2) is 0 Å². The van der Waals surface area contributed by atoms with E-state index in [0.29, 0.717) is 5.56 Å². The van der Waals surface area contributed by atoms with Crippen LogP contribution in [0.4, 0.5) is 0 Å². The number of ether oxygens (including phenoxy) is 1. The summed E-state index contributed by atoms with van der Waals surface area (Å²) in [5.74, 6) is -0.324. The predicted octanol–water partition coefficient (Wildman–Crippen LogP) is 5.77. The second-order valence-electron chi connectivity index (χ2n) is 7.41. The van der Waals surface area contributed by atoms with E-state index in [1.165, 1.54) is 11.1 Å². The minimum Gasteiger partial charge on any atom is -0.456 e. The Bertz CT molecular complexity index is 887. The van der Waals surface area contributed by atoms with Gasteiger partial charge >= 0.3 is 5.97 Å². The van der Waals surface area contributed by atoms with Gasteiger partial charge in [0.1, 0.15) is 11.6 Å². The Kier molecular flexibility index (Phi) is 5.23. The topological polar surface area (TPSA) is 39.2 Å². The van der Waals surface area contributed by atoms with Gasteiger partial charge in [-0.1, -0.05) is 62.7 Å². The first-order valence-electron chi connectivity index (χ1n) is 8.62. The summed E-state index contributed by atoms with van der Waals surface area (Å²) < 4.78 is 5.41. The molecule has 4 heteroatoms. The maximum absolute atomic E-state index is 12.2. The SMILES string of the molecule is Cc1ccc(-c2nc(COC(=O)c3ccc(C(C)(C)C)cc3)cs2)cc1. The van der Waals surface area contributed by atoms with Crippen molar-refractivity contribution in [1.29, 1.82) is 0 Å². The largest absolute Gasteiger partial charge is 0.456 e. The molecule has 0 aliphatic rings. The quantitative estimate of drug-likeness (QED) is 0.551. The fourth-order valence-electron chi connectivity index (χ4n) is 2.53. The van der Waals surface area contributed by atoms with E-state index in [9.17, 15) is 4.79 Å². The van der Waals surface area contributed by atoms with Crippen molar-refractivity contribution < 1.29 is 9.53 Å². The lowest BCUT2D eigenvalue weighted by Gasteiger charge is -2.18. The molecule has 0 fully saturated rings. The molecule has 0 bridgehead atoms. The summed E-state index contributed by atoms with van der Waals surface area (Å²) in [7, 11) is 0. The first-order chi connectivity index (χ1) is 12.3. The molecule has 0 atom stereocenters. The molecule has 3 rings (SSSR count). The zero-order chi connectivity index (χ0) is 18.7. The van der Waals surface area contributed by atoms with Gasteiger partial charge in [-0.15, -0.1) is 11.3 Å². The van der Waals surface area contributed by atoms with Crippen LogP contribution >= 0.6 is 11.3 Å². The molecule has 0 aliphatic carbocycles. The molecular formula is C22H23NO2S. The van der Waals surface area contributed by atoms with Gasteiger partial charge in [0, 0.05) is 10.9 Å². The standard InChI is InChI=1S/C22H23NO2S/c1-15-5-7-16(8-6-15)20-23-19(14-26-20)13-25-21(24)17-9-11-18(12-10-17)22(2,3)4/h5-12,14H,13H2,1-4H3. The number of esters is 1. The van der Waals surface area contributed by atoms with E-state index in [1.54, 1.807) is 11.3 Å². The van der Waals surface area contributed by atoms with E-state index < -0.39 is 0 Å². The molecule has 0 radical (unpaired) electrons. The maximum atomic E-state index is 12.2. The Morgan fingerprint density at radius 2 is 1.69 bits per heavy atom. The predicted molar refractivity (Wildman–Crippen MR) is 107 cm³/mol. The first-order valence-corrected chi connectivity index (χ1v) is 9.50. The minimum atomic E-state index is -0.324. The molecule has 0 amide bonds. The van der Waals surface area contributed by atoms with Gasteiger partial charge in [0.2, 0.25) is 0 Å². The number of rotatable bonds is 4. The van der Waals surface area contributed by atoms with Crippen LogP contribution in [0.2, 0.25) is 0 Å². The first kappa shape index (κ1) is 18.3. The van der Waals surface area contributed by atoms with E-state index in [-0.39, 0.29) is 18.0 Å².